The van der Waals surface area contributed by atoms with E-state index in [1.807, 2.05) is 0 Å². The number of aliphatic carboxylic acids is 1. The van der Waals surface area contributed by atoms with Crippen LogP contribution in [0.1, 0.15) is 20.3 Å². The fourth-order valence-corrected chi connectivity index (χ4v) is 5.56. The zero-order chi connectivity index (χ0) is 34.7. The lowest BCUT2D eigenvalue weighted by atomic mass is 9.88. The highest BCUT2D eigenvalue weighted by atomic mass is 16.8. The van der Waals surface area contributed by atoms with Crippen molar-refractivity contribution in [2.24, 2.45) is 0 Å². The first-order chi connectivity index (χ1) is 21.5. The Hall–Kier alpha value is -2.19. The van der Waals surface area contributed by atoms with Gasteiger partial charge in [0, 0.05) is 20.3 Å². The summed E-state index contributed by atoms with van der Waals surface area (Å²) in [7, 11) is 0. The van der Waals surface area contributed by atoms with Crippen LogP contribution in [-0.4, -0.2) is 191 Å². The van der Waals surface area contributed by atoms with E-state index in [0.717, 1.165) is 13.8 Å². The van der Waals surface area contributed by atoms with Gasteiger partial charge in [0.2, 0.25) is 11.8 Å². The molecule has 0 aromatic carbocycles. The molecule has 8 unspecified atom stereocenters. The van der Waals surface area contributed by atoms with Crippen LogP contribution in [0.15, 0.2) is 0 Å². The SMILES string of the molecule is CC(=O)NC1C([C@H](O)[C@H](O)CO)O[C@@](OC2C(O)[C@H](OC3C(O)[C@H](CO)O[C@H](O)C3NC(C)=O)O[C@@H](CO)C2O)(C(=O)O)C[C@H]1O. The first kappa shape index (κ1) is 38.3. The number of carbonyl (C=O) groups is 3. The minimum Gasteiger partial charge on any atom is -0.477 e. The van der Waals surface area contributed by atoms with Crippen LogP contribution < -0.4 is 10.6 Å². The minimum atomic E-state index is -3.04. The summed E-state index contributed by atoms with van der Waals surface area (Å²) >= 11 is 0. The zero-order valence-corrected chi connectivity index (χ0v) is 24.7. The first-order valence-electron chi connectivity index (χ1n) is 14.2. The molecule has 16 atom stereocenters. The van der Waals surface area contributed by atoms with Crippen molar-refractivity contribution < 1.29 is 94.2 Å². The Bertz CT molecular complexity index is 1050. The average molecular weight is 675 g/mol. The van der Waals surface area contributed by atoms with Gasteiger partial charge in [-0.05, 0) is 0 Å². The Morgan fingerprint density at radius 3 is 1.91 bits per heavy atom. The molecule has 0 aromatic rings. The molecule has 0 radical (unpaired) electrons. The highest BCUT2D eigenvalue weighted by molar-refractivity contribution is 5.76. The van der Waals surface area contributed by atoms with Crippen molar-refractivity contribution >= 4 is 17.8 Å². The molecule has 0 aromatic heterocycles. The largest absolute Gasteiger partial charge is 0.477 e. The molecule has 0 aliphatic carbocycles. The van der Waals surface area contributed by atoms with Crippen molar-refractivity contribution in [3.8, 4) is 0 Å². The van der Waals surface area contributed by atoms with Crippen LogP contribution in [0, 0.1) is 0 Å². The predicted octanol–water partition coefficient (Wildman–Crippen LogP) is -8.08. The summed E-state index contributed by atoms with van der Waals surface area (Å²) in [5.74, 6) is -6.50. The third-order valence-electron chi connectivity index (χ3n) is 7.87. The second kappa shape index (κ2) is 15.8. The van der Waals surface area contributed by atoms with Crippen molar-refractivity contribution in [3.05, 3.63) is 0 Å². The third kappa shape index (κ3) is 8.08. The lowest BCUT2D eigenvalue weighted by Crippen LogP contribution is -2.71. The molecule has 0 saturated carbocycles. The summed E-state index contributed by atoms with van der Waals surface area (Å²) in [5, 5.41) is 118. The van der Waals surface area contributed by atoms with Crippen LogP contribution in [0.3, 0.4) is 0 Å². The van der Waals surface area contributed by atoms with Crippen LogP contribution in [0.25, 0.3) is 0 Å². The van der Waals surface area contributed by atoms with Crippen LogP contribution in [0.2, 0.25) is 0 Å². The maximum Gasteiger partial charge on any atom is 0.364 e. The quantitative estimate of drug-likeness (QED) is 0.0913. The zero-order valence-electron chi connectivity index (χ0n) is 24.7. The van der Waals surface area contributed by atoms with E-state index in [-0.39, 0.29) is 0 Å². The van der Waals surface area contributed by atoms with Gasteiger partial charge in [-0.3, -0.25) is 9.59 Å². The first-order valence-corrected chi connectivity index (χ1v) is 14.2. The number of ether oxygens (including phenoxy) is 5. The molecule has 266 valence electrons. The molecule has 46 heavy (non-hydrogen) atoms. The summed E-state index contributed by atoms with van der Waals surface area (Å²) in [6.45, 7) is -0.777. The smallest absolute Gasteiger partial charge is 0.364 e. The molecule has 3 fully saturated rings. The van der Waals surface area contributed by atoms with Crippen molar-refractivity contribution in [1.29, 1.82) is 0 Å². The highest BCUT2D eigenvalue weighted by Crippen LogP contribution is 2.38. The fraction of sp³-hybridized carbons (Fsp3) is 0.880. The van der Waals surface area contributed by atoms with Gasteiger partial charge in [0.1, 0.15) is 67.1 Å². The van der Waals surface area contributed by atoms with Crippen molar-refractivity contribution in [1.82, 2.24) is 10.6 Å². The normalized spacial score (nSPS) is 42.9. The fourth-order valence-electron chi connectivity index (χ4n) is 5.56. The molecule has 21 heteroatoms. The van der Waals surface area contributed by atoms with Gasteiger partial charge in [-0.1, -0.05) is 0 Å². The van der Waals surface area contributed by atoms with Crippen LogP contribution in [-0.2, 0) is 38.1 Å². The van der Waals surface area contributed by atoms with E-state index in [2.05, 4.69) is 10.6 Å². The number of carbonyl (C=O) groups excluding carboxylic acids is 2. The molecular weight excluding hydrogens is 632 g/mol. The molecule has 2 amide bonds. The van der Waals surface area contributed by atoms with Gasteiger partial charge in [-0.2, -0.15) is 0 Å². The summed E-state index contributed by atoms with van der Waals surface area (Å²) in [6.07, 6.45) is -25.8. The number of aliphatic hydroxyl groups is 10. The molecule has 3 saturated heterocycles. The Morgan fingerprint density at radius 2 is 1.39 bits per heavy atom. The van der Waals surface area contributed by atoms with E-state index in [9.17, 15) is 70.6 Å². The summed E-state index contributed by atoms with van der Waals surface area (Å²) in [4.78, 5) is 36.2. The predicted molar refractivity (Wildman–Crippen MR) is 142 cm³/mol. The van der Waals surface area contributed by atoms with Gasteiger partial charge < -0.3 is 90.5 Å². The number of carboxylic acid groups (broad SMARTS) is 1. The second-order valence-electron chi connectivity index (χ2n) is 11.2. The molecule has 3 aliphatic rings. The molecule has 0 bridgehead atoms. The maximum atomic E-state index is 12.6. The number of nitrogens with one attached hydrogen (secondary N) is 2. The number of hydrogen-bond donors (Lipinski definition) is 13. The van der Waals surface area contributed by atoms with E-state index in [4.69, 9.17) is 23.7 Å². The lowest BCUT2D eigenvalue weighted by molar-refractivity contribution is -0.380. The second-order valence-corrected chi connectivity index (χ2v) is 11.2. The van der Waals surface area contributed by atoms with Crippen LogP contribution >= 0.6 is 0 Å². The Labute approximate surface area is 260 Å². The Morgan fingerprint density at radius 1 is 0.848 bits per heavy atom. The molecule has 13 N–H and O–H groups in total. The Balaban J connectivity index is 1.98. The lowest BCUT2D eigenvalue weighted by Gasteiger charge is -2.50. The van der Waals surface area contributed by atoms with Crippen LogP contribution in [0.4, 0.5) is 0 Å². The monoisotopic (exact) mass is 674 g/mol. The van der Waals surface area contributed by atoms with Gasteiger partial charge >= 0.3 is 5.97 Å². The van der Waals surface area contributed by atoms with Gasteiger partial charge in [-0.15, -0.1) is 0 Å². The van der Waals surface area contributed by atoms with Crippen molar-refractivity contribution in [2.75, 3.05) is 19.8 Å². The van der Waals surface area contributed by atoms with E-state index in [1.54, 1.807) is 0 Å². The van der Waals surface area contributed by atoms with Crippen LogP contribution in [0.5, 0.6) is 0 Å². The molecule has 21 nitrogen and oxygen atoms in total. The molecule has 3 rings (SSSR count). The van der Waals surface area contributed by atoms with Gasteiger partial charge in [0.25, 0.3) is 5.79 Å². The average Bonchev–Trinajstić information content (AvgIpc) is 2.99. The highest BCUT2D eigenvalue weighted by Gasteiger charge is 2.60. The number of hydrogen-bond acceptors (Lipinski definition) is 18. The van der Waals surface area contributed by atoms with E-state index >= 15 is 0 Å². The number of amides is 2. The van der Waals surface area contributed by atoms with Gasteiger partial charge in [0.15, 0.2) is 12.6 Å². The number of rotatable bonds is 12. The van der Waals surface area contributed by atoms with Crippen molar-refractivity contribution in [2.45, 2.75) is 118 Å². The summed E-state index contributed by atoms with van der Waals surface area (Å²) < 4.78 is 27.3. The topological polar surface area (TPSA) is 344 Å². The van der Waals surface area contributed by atoms with E-state index < -0.39 is 142 Å². The molecule has 0 spiro atoms. The summed E-state index contributed by atoms with van der Waals surface area (Å²) in [6, 6.07) is -3.08. The van der Waals surface area contributed by atoms with Crippen molar-refractivity contribution in [3.63, 3.8) is 0 Å². The van der Waals surface area contributed by atoms with E-state index in [1.165, 1.54) is 0 Å². The number of aliphatic hydroxyl groups excluding tert-OH is 10. The van der Waals surface area contributed by atoms with E-state index in [0.29, 0.717) is 0 Å². The molecule has 3 heterocycles. The standard InChI is InChI=1S/C25H42N2O19/c1-7(31)26-13-9(33)3-25(24(40)41,45-20(13)15(35)10(34)4-28)46-21-17(37)12(6-30)43-23(18(21)38)44-19-14(27-8(2)32)22(39)42-11(5-29)16(19)36/h9-23,28-30,33-39H,3-6H2,1-2H3,(H,26,31)(H,27,32)(H,40,41)/t9-,10-,11+,12+,13?,14?,15-,16?,17?,18?,19?,20?,21?,22+,23+,25+/m1/s1. The van der Waals surface area contributed by atoms with Gasteiger partial charge in [0.05, 0.1) is 32.0 Å². The third-order valence-corrected chi connectivity index (χ3v) is 7.87. The van der Waals surface area contributed by atoms with Gasteiger partial charge in [-0.25, -0.2) is 4.79 Å². The Kier molecular flexibility index (Phi) is 13.1. The minimum absolute atomic E-state index is 0.720. The maximum absolute atomic E-state index is 12.6. The summed E-state index contributed by atoms with van der Waals surface area (Å²) in [5.41, 5.74) is 0. The molecule has 3 aliphatic heterocycles. The number of carboxylic acids is 1. The molecular formula is C25H42N2O19.